The van der Waals surface area contributed by atoms with Crippen LogP contribution >= 0.6 is 11.3 Å². The molecule has 1 aromatic rings. The van der Waals surface area contributed by atoms with Crippen molar-refractivity contribution in [3.8, 4) is 6.07 Å². The summed E-state index contributed by atoms with van der Waals surface area (Å²) in [4.78, 5) is 1.31. The Labute approximate surface area is 82.2 Å². The molecule has 68 valence electrons. The maximum Gasteiger partial charge on any atom is 0.0984 e. The van der Waals surface area contributed by atoms with Crippen molar-refractivity contribution < 1.29 is 0 Å². The molecule has 2 nitrogen and oxygen atoms in total. The average molecular weight is 192 g/mol. The summed E-state index contributed by atoms with van der Waals surface area (Å²) in [6.07, 6.45) is 2.44. The Morgan fingerprint density at radius 2 is 2.54 bits per heavy atom. The monoisotopic (exact) mass is 192 g/mol. The number of nitrogens with zero attached hydrogens (tertiary/aromatic N) is 1. The van der Waals surface area contributed by atoms with Gasteiger partial charge >= 0.3 is 0 Å². The first kappa shape index (κ1) is 8.74. The van der Waals surface area contributed by atoms with Crippen molar-refractivity contribution in [1.29, 1.82) is 5.26 Å². The van der Waals surface area contributed by atoms with Crippen molar-refractivity contribution >= 4 is 11.3 Å². The fourth-order valence-corrected chi connectivity index (χ4v) is 2.03. The van der Waals surface area contributed by atoms with Gasteiger partial charge in [0.15, 0.2) is 0 Å². The number of hydrogen-bond acceptors (Lipinski definition) is 3. The van der Waals surface area contributed by atoms with Crippen molar-refractivity contribution in [3.63, 3.8) is 0 Å². The Balaban J connectivity index is 1.81. The molecule has 1 heterocycles. The first-order valence-corrected chi connectivity index (χ1v) is 5.43. The van der Waals surface area contributed by atoms with Gasteiger partial charge in [0.2, 0.25) is 0 Å². The van der Waals surface area contributed by atoms with Crippen molar-refractivity contribution in [2.24, 2.45) is 5.92 Å². The summed E-state index contributed by atoms with van der Waals surface area (Å²) in [7, 11) is 0. The maximum absolute atomic E-state index is 8.86. The molecule has 13 heavy (non-hydrogen) atoms. The van der Waals surface area contributed by atoms with Gasteiger partial charge in [-0.3, -0.25) is 5.32 Å². The van der Waals surface area contributed by atoms with E-state index in [1.807, 2.05) is 6.07 Å². The van der Waals surface area contributed by atoms with Crippen LogP contribution in [0.3, 0.4) is 0 Å². The van der Waals surface area contributed by atoms with Crippen LogP contribution in [-0.4, -0.2) is 6.04 Å². The Hall–Kier alpha value is -0.850. The number of nitriles is 1. The van der Waals surface area contributed by atoms with Gasteiger partial charge in [0.1, 0.15) is 0 Å². The Morgan fingerprint density at radius 1 is 1.69 bits per heavy atom. The van der Waals surface area contributed by atoms with Gasteiger partial charge in [-0.25, -0.2) is 0 Å². The molecule has 0 aliphatic heterocycles. The van der Waals surface area contributed by atoms with E-state index in [1.165, 1.54) is 17.7 Å². The van der Waals surface area contributed by atoms with Gasteiger partial charge in [-0.2, -0.15) is 5.26 Å². The van der Waals surface area contributed by atoms with Crippen LogP contribution < -0.4 is 5.32 Å². The highest BCUT2D eigenvalue weighted by atomic mass is 32.1. The summed E-state index contributed by atoms with van der Waals surface area (Å²) in [5.74, 6) is 0.616. The topological polar surface area (TPSA) is 35.8 Å². The lowest BCUT2D eigenvalue weighted by Crippen LogP contribution is -2.28. The quantitative estimate of drug-likeness (QED) is 0.793. The van der Waals surface area contributed by atoms with E-state index >= 15 is 0 Å². The predicted octanol–water partition coefficient (Wildman–Crippen LogP) is 2.14. The summed E-state index contributed by atoms with van der Waals surface area (Å²) in [5, 5.41) is 14.2. The van der Waals surface area contributed by atoms with Gasteiger partial charge in [0.25, 0.3) is 0 Å². The molecule has 0 spiro atoms. The smallest absolute Gasteiger partial charge is 0.0984 e. The number of nitrogens with one attached hydrogen (secondary N) is 1. The normalized spacial score (nSPS) is 18.1. The van der Waals surface area contributed by atoms with Crippen LogP contribution in [0.4, 0.5) is 0 Å². The third kappa shape index (κ3) is 2.30. The van der Waals surface area contributed by atoms with Crippen molar-refractivity contribution in [2.45, 2.75) is 25.4 Å². The van der Waals surface area contributed by atoms with E-state index in [2.05, 4.69) is 22.8 Å². The fraction of sp³-hybridized carbons (Fsp3) is 0.500. The largest absolute Gasteiger partial charge is 0.297 e. The Morgan fingerprint density at radius 3 is 3.08 bits per heavy atom. The lowest BCUT2D eigenvalue weighted by atomic mass is 10.2. The number of hydrogen-bond donors (Lipinski definition) is 1. The van der Waals surface area contributed by atoms with Crippen molar-refractivity contribution in [2.75, 3.05) is 0 Å². The molecule has 1 atom stereocenters. The van der Waals surface area contributed by atoms with Gasteiger partial charge in [-0.15, -0.1) is 11.3 Å². The molecule has 1 fully saturated rings. The van der Waals surface area contributed by atoms with Crippen LogP contribution in [0.15, 0.2) is 17.5 Å². The molecule has 0 bridgehead atoms. The summed E-state index contributed by atoms with van der Waals surface area (Å²) in [5.41, 5.74) is 0. The lowest BCUT2D eigenvalue weighted by Gasteiger charge is -2.08. The summed E-state index contributed by atoms with van der Waals surface area (Å²) in [6.45, 7) is 0.840. The van der Waals surface area contributed by atoms with Crippen LogP contribution in [0.5, 0.6) is 0 Å². The van der Waals surface area contributed by atoms with Crippen molar-refractivity contribution in [1.82, 2.24) is 5.32 Å². The van der Waals surface area contributed by atoms with Gasteiger partial charge in [0.05, 0.1) is 12.1 Å². The molecule has 0 aromatic carbocycles. The second-order valence-corrected chi connectivity index (χ2v) is 4.44. The molecule has 1 saturated carbocycles. The van der Waals surface area contributed by atoms with E-state index in [9.17, 15) is 0 Å². The highest BCUT2D eigenvalue weighted by Gasteiger charge is 2.30. The Bertz CT molecular complexity index is 295. The molecule has 1 unspecified atom stereocenters. The zero-order valence-electron chi connectivity index (χ0n) is 7.36. The second-order valence-electron chi connectivity index (χ2n) is 3.40. The van der Waals surface area contributed by atoms with E-state index in [4.69, 9.17) is 5.26 Å². The molecule has 2 rings (SSSR count). The van der Waals surface area contributed by atoms with E-state index in [1.54, 1.807) is 11.3 Å². The molecule has 3 heteroatoms. The highest BCUT2D eigenvalue weighted by molar-refractivity contribution is 7.09. The van der Waals surface area contributed by atoms with E-state index in [0.29, 0.717) is 5.92 Å². The molecule has 1 aliphatic carbocycles. The van der Waals surface area contributed by atoms with Crippen LogP contribution in [0.1, 0.15) is 17.7 Å². The highest BCUT2D eigenvalue weighted by Crippen LogP contribution is 2.32. The van der Waals surface area contributed by atoms with Crippen LogP contribution in [0, 0.1) is 17.2 Å². The van der Waals surface area contributed by atoms with Gasteiger partial charge in [0, 0.05) is 11.4 Å². The average Bonchev–Trinajstić information content (AvgIpc) is 2.84. The molecule has 0 radical (unpaired) electrons. The van der Waals surface area contributed by atoms with Gasteiger partial charge < -0.3 is 0 Å². The zero-order valence-corrected chi connectivity index (χ0v) is 8.18. The third-order valence-corrected chi connectivity index (χ3v) is 3.19. The maximum atomic E-state index is 8.86. The molecule has 0 saturated heterocycles. The minimum absolute atomic E-state index is 0.0714. The summed E-state index contributed by atoms with van der Waals surface area (Å²) in [6, 6.07) is 6.53. The summed E-state index contributed by atoms with van der Waals surface area (Å²) >= 11 is 1.74. The van der Waals surface area contributed by atoms with E-state index in [-0.39, 0.29) is 6.04 Å². The molecular weight excluding hydrogens is 180 g/mol. The van der Waals surface area contributed by atoms with Crippen LogP contribution in [0.25, 0.3) is 0 Å². The number of rotatable bonds is 4. The zero-order chi connectivity index (χ0) is 9.10. The minimum Gasteiger partial charge on any atom is -0.297 e. The molecule has 1 aromatic heterocycles. The number of thiophene rings is 1. The second kappa shape index (κ2) is 3.91. The van der Waals surface area contributed by atoms with E-state index in [0.717, 1.165) is 6.54 Å². The van der Waals surface area contributed by atoms with E-state index < -0.39 is 0 Å². The van der Waals surface area contributed by atoms with Crippen LogP contribution in [-0.2, 0) is 6.54 Å². The summed E-state index contributed by atoms with van der Waals surface area (Å²) < 4.78 is 0. The van der Waals surface area contributed by atoms with Crippen LogP contribution in [0.2, 0.25) is 0 Å². The fourth-order valence-electron chi connectivity index (χ4n) is 1.37. The molecule has 1 N–H and O–H groups in total. The first-order valence-electron chi connectivity index (χ1n) is 4.55. The third-order valence-electron chi connectivity index (χ3n) is 2.31. The molecular formula is C10H12N2S. The first-order chi connectivity index (χ1) is 6.40. The van der Waals surface area contributed by atoms with Gasteiger partial charge in [-0.05, 0) is 30.2 Å². The minimum atomic E-state index is 0.0714. The standard InChI is InChI=1S/C10H12N2S/c11-6-10(8-3-4-8)12-7-9-2-1-5-13-9/h1-2,5,8,10,12H,3-4,7H2. The lowest BCUT2D eigenvalue weighted by molar-refractivity contribution is 0.552. The SMILES string of the molecule is N#CC(NCc1cccs1)C1CC1. The molecule has 1 aliphatic rings. The predicted molar refractivity (Wildman–Crippen MR) is 53.3 cm³/mol. The van der Waals surface area contributed by atoms with Gasteiger partial charge in [-0.1, -0.05) is 6.07 Å². The molecule has 0 amide bonds. The Kier molecular flexibility index (Phi) is 2.62. The van der Waals surface area contributed by atoms with Crippen molar-refractivity contribution in [3.05, 3.63) is 22.4 Å².